The van der Waals surface area contributed by atoms with Gasteiger partial charge in [0.2, 0.25) is 0 Å². The second-order valence-corrected chi connectivity index (χ2v) is 10.7. The summed E-state index contributed by atoms with van der Waals surface area (Å²) in [4.78, 5) is 2.64. The Labute approximate surface area is 206 Å². The van der Waals surface area contributed by atoms with Crippen LogP contribution in [-0.4, -0.2) is 0 Å². The van der Waals surface area contributed by atoms with Crippen molar-refractivity contribution in [3.8, 4) is 22.3 Å². The molecule has 0 nitrogen and oxygen atoms in total. The highest BCUT2D eigenvalue weighted by Crippen LogP contribution is 2.62. The Hall–Kier alpha value is -3.07. The maximum absolute atomic E-state index is 3.73. The van der Waals surface area contributed by atoms with E-state index in [1.54, 1.807) is 0 Å². The van der Waals surface area contributed by atoms with Gasteiger partial charge in [0.1, 0.15) is 0 Å². The lowest BCUT2D eigenvalue weighted by Gasteiger charge is -2.40. The van der Waals surface area contributed by atoms with E-state index in [9.17, 15) is 0 Å². The van der Waals surface area contributed by atoms with Crippen molar-refractivity contribution in [2.45, 2.75) is 15.2 Å². The van der Waals surface area contributed by atoms with Crippen LogP contribution in [0, 0.1) is 0 Å². The van der Waals surface area contributed by atoms with Crippen molar-refractivity contribution in [1.29, 1.82) is 0 Å². The highest BCUT2D eigenvalue weighted by Gasteiger charge is 2.50. The summed E-state index contributed by atoms with van der Waals surface area (Å²) in [6.45, 7) is 0. The first-order valence-corrected chi connectivity index (χ1v) is 12.7. The minimum atomic E-state index is -0.307. The molecule has 1 aliphatic heterocycles. The van der Waals surface area contributed by atoms with Gasteiger partial charge in [-0.2, -0.15) is 0 Å². The number of hydrogen-bond acceptors (Lipinski definition) is 1. The number of rotatable bonds is 1. The van der Waals surface area contributed by atoms with Gasteiger partial charge in [-0.05, 0) is 62.7 Å². The number of fused-ring (bicyclic) bond motifs is 9. The SMILES string of the molecule is Brc1ccc2c(c1)Sc1cc(-c3ccccc3)ccc1C21c2ccccc2-c2ccccc21. The zero-order valence-electron chi connectivity index (χ0n) is 17.8. The van der Waals surface area contributed by atoms with Gasteiger partial charge >= 0.3 is 0 Å². The van der Waals surface area contributed by atoms with E-state index in [0.29, 0.717) is 0 Å². The van der Waals surface area contributed by atoms with E-state index >= 15 is 0 Å². The van der Waals surface area contributed by atoms with Gasteiger partial charge in [-0.3, -0.25) is 0 Å². The largest absolute Gasteiger partial charge is 0.0893 e. The standard InChI is InChI=1S/C31H19BrS/c32-22-15-17-28-30(19-22)33-29-18-21(20-8-2-1-3-9-20)14-16-27(29)31(28)25-12-6-4-10-23(25)24-11-5-7-13-26(24)31/h1-19H. The lowest BCUT2D eigenvalue weighted by molar-refractivity contribution is 0.722. The molecule has 0 bridgehead atoms. The monoisotopic (exact) mass is 502 g/mol. The Balaban J connectivity index is 1.60. The fourth-order valence-electron chi connectivity index (χ4n) is 5.70. The highest BCUT2D eigenvalue weighted by molar-refractivity contribution is 9.10. The van der Waals surface area contributed by atoms with Gasteiger partial charge in [0, 0.05) is 14.3 Å². The molecule has 0 N–H and O–H groups in total. The van der Waals surface area contributed by atoms with Crippen molar-refractivity contribution in [2.75, 3.05) is 0 Å². The third-order valence-corrected chi connectivity index (χ3v) is 8.62. The molecule has 1 heterocycles. The minimum Gasteiger partial charge on any atom is -0.0893 e. The third kappa shape index (κ3) is 2.65. The van der Waals surface area contributed by atoms with Crippen molar-refractivity contribution >= 4 is 27.7 Å². The van der Waals surface area contributed by atoms with Gasteiger partial charge in [-0.25, -0.2) is 0 Å². The zero-order valence-corrected chi connectivity index (χ0v) is 20.2. The summed E-state index contributed by atoms with van der Waals surface area (Å²) in [6, 6.07) is 42.4. The van der Waals surface area contributed by atoms with E-state index in [4.69, 9.17) is 0 Å². The Bertz CT molecular complexity index is 1510. The first-order valence-electron chi connectivity index (χ1n) is 11.1. The summed E-state index contributed by atoms with van der Waals surface area (Å²) >= 11 is 5.61. The van der Waals surface area contributed by atoms with Gasteiger partial charge < -0.3 is 0 Å². The fraction of sp³-hybridized carbons (Fsp3) is 0.0323. The quantitative estimate of drug-likeness (QED) is 0.216. The van der Waals surface area contributed by atoms with Crippen LogP contribution in [0.5, 0.6) is 0 Å². The normalized spacial score (nSPS) is 14.3. The van der Waals surface area contributed by atoms with Gasteiger partial charge in [0.25, 0.3) is 0 Å². The molecule has 0 saturated carbocycles. The molecule has 1 aliphatic carbocycles. The second-order valence-electron chi connectivity index (χ2n) is 8.66. The predicted octanol–water partition coefficient (Wildman–Crippen LogP) is 8.94. The molecule has 2 aliphatic rings. The van der Waals surface area contributed by atoms with E-state index in [1.165, 1.54) is 54.3 Å². The number of hydrogen-bond donors (Lipinski definition) is 0. The molecule has 0 aromatic heterocycles. The Morgan fingerprint density at radius 1 is 0.485 bits per heavy atom. The van der Waals surface area contributed by atoms with E-state index < -0.39 is 0 Å². The first-order chi connectivity index (χ1) is 16.3. The van der Waals surface area contributed by atoms with Crippen molar-refractivity contribution in [3.63, 3.8) is 0 Å². The molecule has 5 aromatic rings. The van der Waals surface area contributed by atoms with E-state index in [1.807, 2.05) is 11.8 Å². The van der Waals surface area contributed by atoms with Crippen LogP contribution in [0.15, 0.2) is 130 Å². The van der Waals surface area contributed by atoms with Crippen LogP contribution in [-0.2, 0) is 5.41 Å². The maximum Gasteiger partial charge on any atom is 0.0735 e. The molecule has 0 saturated heterocycles. The molecule has 1 spiro atoms. The fourth-order valence-corrected chi connectivity index (χ4v) is 7.48. The van der Waals surface area contributed by atoms with Crippen LogP contribution in [0.1, 0.15) is 22.3 Å². The van der Waals surface area contributed by atoms with Gasteiger partial charge in [-0.15, -0.1) is 0 Å². The van der Waals surface area contributed by atoms with Crippen LogP contribution < -0.4 is 0 Å². The van der Waals surface area contributed by atoms with Crippen molar-refractivity contribution in [1.82, 2.24) is 0 Å². The van der Waals surface area contributed by atoms with E-state index in [2.05, 4.69) is 131 Å². The minimum absolute atomic E-state index is 0.307. The first kappa shape index (κ1) is 19.4. The van der Waals surface area contributed by atoms with E-state index in [0.717, 1.165) is 4.47 Å². The zero-order chi connectivity index (χ0) is 22.0. The molecule has 0 fully saturated rings. The van der Waals surface area contributed by atoms with Gasteiger partial charge in [0.05, 0.1) is 5.41 Å². The molecular weight excluding hydrogens is 484 g/mol. The summed E-state index contributed by atoms with van der Waals surface area (Å²) in [5.41, 5.74) is 10.4. The summed E-state index contributed by atoms with van der Waals surface area (Å²) in [7, 11) is 0. The average Bonchev–Trinajstić information content (AvgIpc) is 3.15. The van der Waals surface area contributed by atoms with E-state index in [-0.39, 0.29) is 5.41 Å². The molecule has 0 radical (unpaired) electrons. The van der Waals surface area contributed by atoms with Crippen molar-refractivity contribution in [3.05, 3.63) is 142 Å². The molecule has 0 atom stereocenters. The summed E-state index contributed by atoms with van der Waals surface area (Å²) in [6.07, 6.45) is 0. The third-order valence-electron chi connectivity index (χ3n) is 7.01. The molecule has 5 aromatic carbocycles. The predicted molar refractivity (Wildman–Crippen MR) is 141 cm³/mol. The summed E-state index contributed by atoms with van der Waals surface area (Å²) in [5.74, 6) is 0. The Morgan fingerprint density at radius 3 is 1.76 bits per heavy atom. The van der Waals surface area contributed by atoms with Crippen molar-refractivity contribution < 1.29 is 0 Å². The molecular formula is C31H19BrS. The van der Waals surface area contributed by atoms with Gasteiger partial charge in [-0.1, -0.05) is 125 Å². The lowest BCUT2D eigenvalue weighted by Crippen LogP contribution is -2.32. The van der Waals surface area contributed by atoms with Crippen LogP contribution in [0.3, 0.4) is 0 Å². The van der Waals surface area contributed by atoms with Crippen LogP contribution in [0.4, 0.5) is 0 Å². The van der Waals surface area contributed by atoms with Crippen LogP contribution in [0.25, 0.3) is 22.3 Å². The lowest BCUT2D eigenvalue weighted by atomic mass is 9.67. The Morgan fingerprint density at radius 2 is 1.06 bits per heavy atom. The summed E-state index contributed by atoms with van der Waals surface area (Å²) < 4.78 is 1.12. The second kappa shape index (κ2) is 7.21. The molecule has 0 amide bonds. The average molecular weight is 503 g/mol. The number of halogens is 1. The summed E-state index contributed by atoms with van der Waals surface area (Å²) in [5, 5.41) is 0. The topological polar surface area (TPSA) is 0 Å². The molecule has 156 valence electrons. The van der Waals surface area contributed by atoms with Gasteiger partial charge in [0.15, 0.2) is 0 Å². The highest BCUT2D eigenvalue weighted by atomic mass is 79.9. The van der Waals surface area contributed by atoms with Crippen molar-refractivity contribution in [2.24, 2.45) is 0 Å². The number of benzene rings is 5. The molecule has 2 heteroatoms. The smallest absolute Gasteiger partial charge is 0.0735 e. The van der Waals surface area contributed by atoms with Crippen LogP contribution in [0.2, 0.25) is 0 Å². The maximum atomic E-state index is 3.73. The molecule has 7 rings (SSSR count). The van der Waals surface area contributed by atoms with Crippen LogP contribution >= 0.6 is 27.7 Å². The molecule has 0 unspecified atom stereocenters. The molecule has 33 heavy (non-hydrogen) atoms. The Kier molecular flexibility index (Phi) is 4.24.